The van der Waals surface area contributed by atoms with Gasteiger partial charge in [-0.15, -0.1) is 11.3 Å². The summed E-state index contributed by atoms with van der Waals surface area (Å²) < 4.78 is 0. The molecule has 90 valence electrons. The maximum Gasteiger partial charge on any atom is 0.107 e. The van der Waals surface area contributed by atoms with Gasteiger partial charge in [-0.3, -0.25) is 0 Å². The summed E-state index contributed by atoms with van der Waals surface area (Å²) in [5.74, 6) is 0.826. The molecule has 16 heavy (non-hydrogen) atoms. The molecule has 1 aliphatic heterocycles. The standard InChI is InChI=1S/C12H21N3S/c1-9-10(2)16-12(14-9)7-13-6-11-4-5-15(3)8-11/h11,13H,4-8H2,1-3H3. The van der Waals surface area contributed by atoms with Crippen LogP contribution >= 0.6 is 11.3 Å². The molecule has 0 amide bonds. The van der Waals surface area contributed by atoms with Gasteiger partial charge in [-0.25, -0.2) is 4.98 Å². The zero-order valence-corrected chi connectivity index (χ0v) is 11.2. The smallest absolute Gasteiger partial charge is 0.107 e. The van der Waals surface area contributed by atoms with E-state index in [1.165, 1.54) is 35.1 Å². The third kappa shape index (κ3) is 3.03. The van der Waals surface area contributed by atoms with Crippen LogP contribution in [0.2, 0.25) is 0 Å². The maximum atomic E-state index is 4.53. The normalized spacial score (nSPS) is 21.8. The van der Waals surface area contributed by atoms with Gasteiger partial charge in [0.05, 0.1) is 5.69 Å². The van der Waals surface area contributed by atoms with Crippen molar-refractivity contribution < 1.29 is 0 Å². The lowest BCUT2D eigenvalue weighted by molar-refractivity contribution is 0.388. The van der Waals surface area contributed by atoms with Gasteiger partial charge in [0.2, 0.25) is 0 Å². The third-order valence-electron chi connectivity index (χ3n) is 3.27. The molecular formula is C12H21N3S. The summed E-state index contributed by atoms with van der Waals surface area (Å²) >= 11 is 1.81. The largest absolute Gasteiger partial charge is 0.310 e. The molecule has 0 aromatic carbocycles. The number of thiazole rings is 1. The lowest BCUT2D eigenvalue weighted by Crippen LogP contribution is -2.24. The zero-order valence-electron chi connectivity index (χ0n) is 10.4. The molecule has 2 heterocycles. The van der Waals surface area contributed by atoms with E-state index in [9.17, 15) is 0 Å². The van der Waals surface area contributed by atoms with Crippen molar-refractivity contribution in [2.75, 3.05) is 26.7 Å². The van der Waals surface area contributed by atoms with Crippen LogP contribution in [0.5, 0.6) is 0 Å². The summed E-state index contributed by atoms with van der Waals surface area (Å²) in [4.78, 5) is 8.29. The van der Waals surface area contributed by atoms with E-state index < -0.39 is 0 Å². The highest BCUT2D eigenvalue weighted by molar-refractivity contribution is 7.11. The first-order valence-corrected chi connectivity index (χ1v) is 6.79. The molecule has 1 saturated heterocycles. The van der Waals surface area contributed by atoms with E-state index in [1.54, 1.807) is 0 Å². The molecule has 0 spiro atoms. The van der Waals surface area contributed by atoms with Crippen molar-refractivity contribution >= 4 is 11.3 Å². The minimum Gasteiger partial charge on any atom is -0.310 e. The molecule has 2 rings (SSSR count). The summed E-state index contributed by atoms with van der Waals surface area (Å²) in [5, 5.41) is 4.75. The minimum atomic E-state index is 0.826. The lowest BCUT2D eigenvalue weighted by atomic mass is 10.1. The predicted molar refractivity (Wildman–Crippen MR) is 68.9 cm³/mol. The Bertz CT molecular complexity index is 329. The van der Waals surface area contributed by atoms with Gasteiger partial charge < -0.3 is 10.2 Å². The van der Waals surface area contributed by atoms with Crippen LogP contribution in [-0.2, 0) is 6.54 Å². The van der Waals surface area contributed by atoms with E-state index in [0.717, 1.165) is 19.0 Å². The van der Waals surface area contributed by atoms with E-state index in [-0.39, 0.29) is 0 Å². The van der Waals surface area contributed by atoms with Gasteiger partial charge in [0, 0.05) is 18.0 Å². The fraction of sp³-hybridized carbons (Fsp3) is 0.750. The minimum absolute atomic E-state index is 0.826. The molecule has 4 heteroatoms. The van der Waals surface area contributed by atoms with Gasteiger partial charge >= 0.3 is 0 Å². The van der Waals surface area contributed by atoms with E-state index in [2.05, 4.69) is 36.1 Å². The van der Waals surface area contributed by atoms with Crippen molar-refractivity contribution in [2.24, 2.45) is 5.92 Å². The SMILES string of the molecule is Cc1nc(CNCC2CCN(C)C2)sc1C. The molecule has 0 saturated carbocycles. The van der Waals surface area contributed by atoms with Crippen LogP contribution in [0.15, 0.2) is 0 Å². The number of hydrogen-bond acceptors (Lipinski definition) is 4. The van der Waals surface area contributed by atoms with Gasteiger partial charge in [-0.1, -0.05) is 0 Å². The highest BCUT2D eigenvalue weighted by Crippen LogP contribution is 2.17. The number of aryl methyl sites for hydroxylation is 2. The van der Waals surface area contributed by atoms with Crippen molar-refractivity contribution in [1.82, 2.24) is 15.2 Å². The molecule has 0 bridgehead atoms. The molecule has 1 N–H and O–H groups in total. The summed E-state index contributed by atoms with van der Waals surface area (Å²) in [6, 6.07) is 0. The van der Waals surface area contributed by atoms with Crippen LogP contribution < -0.4 is 5.32 Å². The summed E-state index contributed by atoms with van der Waals surface area (Å²) in [7, 11) is 2.20. The Morgan fingerprint density at radius 2 is 2.31 bits per heavy atom. The Morgan fingerprint density at radius 1 is 1.50 bits per heavy atom. The first kappa shape index (κ1) is 12.0. The van der Waals surface area contributed by atoms with Crippen molar-refractivity contribution in [3.63, 3.8) is 0 Å². The molecule has 1 aliphatic rings. The Hall–Kier alpha value is -0.450. The van der Waals surface area contributed by atoms with Crippen LogP contribution in [0.1, 0.15) is 22.0 Å². The van der Waals surface area contributed by atoms with E-state index >= 15 is 0 Å². The second kappa shape index (κ2) is 5.25. The van der Waals surface area contributed by atoms with Crippen molar-refractivity contribution in [1.29, 1.82) is 0 Å². The fourth-order valence-electron chi connectivity index (χ4n) is 2.19. The molecule has 0 radical (unpaired) electrons. The third-order valence-corrected chi connectivity index (χ3v) is 4.34. The Kier molecular flexibility index (Phi) is 3.95. The number of aromatic nitrogens is 1. The second-order valence-electron chi connectivity index (χ2n) is 4.80. The lowest BCUT2D eigenvalue weighted by Gasteiger charge is -2.10. The highest BCUT2D eigenvalue weighted by Gasteiger charge is 2.18. The quantitative estimate of drug-likeness (QED) is 0.868. The molecule has 3 nitrogen and oxygen atoms in total. The molecular weight excluding hydrogens is 218 g/mol. The van der Waals surface area contributed by atoms with E-state index in [1.807, 2.05) is 11.3 Å². The second-order valence-corrected chi connectivity index (χ2v) is 6.08. The number of rotatable bonds is 4. The van der Waals surface area contributed by atoms with Crippen molar-refractivity contribution in [3.8, 4) is 0 Å². The monoisotopic (exact) mass is 239 g/mol. The highest BCUT2D eigenvalue weighted by atomic mass is 32.1. The summed E-state index contributed by atoms with van der Waals surface area (Å²) in [5.41, 5.74) is 1.18. The number of hydrogen-bond donors (Lipinski definition) is 1. The predicted octanol–water partition coefficient (Wildman–Crippen LogP) is 1.80. The first-order valence-electron chi connectivity index (χ1n) is 5.97. The average molecular weight is 239 g/mol. The molecule has 1 aromatic rings. The van der Waals surface area contributed by atoms with Crippen molar-refractivity contribution in [3.05, 3.63) is 15.6 Å². The van der Waals surface area contributed by atoms with Gasteiger partial charge in [0.15, 0.2) is 0 Å². The molecule has 1 fully saturated rings. The molecule has 1 atom stereocenters. The molecule has 1 aromatic heterocycles. The zero-order chi connectivity index (χ0) is 11.5. The van der Waals surface area contributed by atoms with Crippen LogP contribution in [0.4, 0.5) is 0 Å². The Balaban J connectivity index is 1.72. The van der Waals surface area contributed by atoms with Gasteiger partial charge in [0.25, 0.3) is 0 Å². The van der Waals surface area contributed by atoms with Gasteiger partial charge in [-0.2, -0.15) is 0 Å². The molecule has 1 unspecified atom stereocenters. The summed E-state index contributed by atoms with van der Waals surface area (Å²) in [6.45, 7) is 8.77. The number of likely N-dealkylation sites (tertiary alicyclic amines) is 1. The number of nitrogens with one attached hydrogen (secondary N) is 1. The van der Waals surface area contributed by atoms with E-state index in [0.29, 0.717) is 0 Å². The van der Waals surface area contributed by atoms with Crippen LogP contribution in [0.3, 0.4) is 0 Å². The average Bonchev–Trinajstić information content (AvgIpc) is 2.75. The fourth-order valence-corrected chi connectivity index (χ4v) is 3.09. The van der Waals surface area contributed by atoms with Crippen LogP contribution in [-0.4, -0.2) is 36.6 Å². The van der Waals surface area contributed by atoms with E-state index in [4.69, 9.17) is 0 Å². The van der Waals surface area contributed by atoms with Gasteiger partial charge in [0.1, 0.15) is 5.01 Å². The Labute approximate surface area is 102 Å². The number of nitrogens with zero attached hydrogens (tertiary/aromatic N) is 2. The topological polar surface area (TPSA) is 28.2 Å². The van der Waals surface area contributed by atoms with Gasteiger partial charge in [-0.05, 0) is 46.3 Å². The maximum absolute atomic E-state index is 4.53. The van der Waals surface area contributed by atoms with Crippen LogP contribution in [0.25, 0.3) is 0 Å². The molecule has 0 aliphatic carbocycles. The summed E-state index contributed by atoms with van der Waals surface area (Å²) in [6.07, 6.45) is 1.33. The first-order chi connectivity index (χ1) is 7.65. The van der Waals surface area contributed by atoms with Crippen LogP contribution in [0, 0.1) is 19.8 Å². The van der Waals surface area contributed by atoms with Crippen molar-refractivity contribution in [2.45, 2.75) is 26.8 Å². The Morgan fingerprint density at radius 3 is 2.88 bits per heavy atom.